The summed E-state index contributed by atoms with van der Waals surface area (Å²) in [4.78, 5) is 0. The van der Waals surface area contributed by atoms with Gasteiger partial charge in [-0.1, -0.05) is 31.4 Å². The van der Waals surface area contributed by atoms with Gasteiger partial charge in [-0.05, 0) is 50.3 Å². The molecule has 1 aliphatic carbocycles. The lowest BCUT2D eigenvalue weighted by molar-refractivity contribution is 0.280. The summed E-state index contributed by atoms with van der Waals surface area (Å²) in [5.41, 5.74) is 1.34. The summed E-state index contributed by atoms with van der Waals surface area (Å²) in [5, 5.41) is 3.68. The molecule has 0 heterocycles. The highest BCUT2D eigenvalue weighted by atomic mass is 16.5. The van der Waals surface area contributed by atoms with Crippen LogP contribution in [0.3, 0.4) is 0 Å². The highest BCUT2D eigenvalue weighted by Gasteiger charge is 2.19. The molecule has 0 amide bonds. The van der Waals surface area contributed by atoms with Gasteiger partial charge in [0.2, 0.25) is 0 Å². The van der Waals surface area contributed by atoms with Gasteiger partial charge in [-0.3, -0.25) is 0 Å². The van der Waals surface area contributed by atoms with Crippen molar-refractivity contribution in [2.45, 2.75) is 58.5 Å². The third-order valence-corrected chi connectivity index (χ3v) is 4.22. The average molecular weight is 261 g/mol. The van der Waals surface area contributed by atoms with Crippen LogP contribution in [-0.2, 0) is 6.54 Å². The Morgan fingerprint density at radius 3 is 2.47 bits per heavy atom. The van der Waals surface area contributed by atoms with Crippen molar-refractivity contribution in [3.63, 3.8) is 0 Å². The molecule has 1 fully saturated rings. The van der Waals surface area contributed by atoms with Crippen LogP contribution in [0.5, 0.6) is 5.75 Å². The Balaban J connectivity index is 1.77. The lowest BCUT2D eigenvalue weighted by Gasteiger charge is -2.28. The van der Waals surface area contributed by atoms with Crippen molar-refractivity contribution in [3.8, 4) is 5.75 Å². The van der Waals surface area contributed by atoms with Crippen LogP contribution in [0.1, 0.15) is 51.5 Å². The van der Waals surface area contributed by atoms with E-state index in [1.807, 2.05) is 6.92 Å². The molecular formula is C17H27NO. The largest absolute Gasteiger partial charge is 0.494 e. The molecule has 1 saturated carbocycles. The predicted octanol–water partition coefficient (Wildman–Crippen LogP) is 4.14. The fourth-order valence-corrected chi connectivity index (χ4v) is 2.95. The molecule has 0 bridgehead atoms. The van der Waals surface area contributed by atoms with Gasteiger partial charge in [-0.25, -0.2) is 0 Å². The zero-order valence-corrected chi connectivity index (χ0v) is 12.3. The second-order valence-electron chi connectivity index (χ2n) is 5.64. The van der Waals surface area contributed by atoms with Crippen LogP contribution in [0.2, 0.25) is 0 Å². The zero-order chi connectivity index (χ0) is 13.5. The van der Waals surface area contributed by atoms with Crippen LogP contribution in [-0.4, -0.2) is 12.6 Å². The maximum Gasteiger partial charge on any atom is 0.119 e. The molecule has 1 atom stereocenters. The van der Waals surface area contributed by atoms with Crippen molar-refractivity contribution in [1.82, 2.24) is 5.32 Å². The fraction of sp³-hybridized carbons (Fsp3) is 0.647. The molecular weight excluding hydrogens is 234 g/mol. The summed E-state index contributed by atoms with van der Waals surface area (Å²) in [6.07, 6.45) is 7.07. The number of hydrogen-bond donors (Lipinski definition) is 1. The number of rotatable bonds is 6. The molecule has 1 aliphatic rings. The van der Waals surface area contributed by atoms with Crippen LogP contribution in [0.4, 0.5) is 0 Å². The van der Waals surface area contributed by atoms with Crippen LogP contribution >= 0.6 is 0 Å². The average Bonchev–Trinajstić information content (AvgIpc) is 2.47. The first-order valence-electron chi connectivity index (χ1n) is 7.74. The number of hydrogen-bond acceptors (Lipinski definition) is 2. The first kappa shape index (κ1) is 14.4. The molecule has 0 spiro atoms. The molecule has 2 nitrogen and oxygen atoms in total. The second kappa shape index (κ2) is 7.54. The van der Waals surface area contributed by atoms with Gasteiger partial charge in [0.1, 0.15) is 5.75 Å². The molecule has 106 valence electrons. The van der Waals surface area contributed by atoms with Gasteiger partial charge in [0.05, 0.1) is 6.61 Å². The summed E-state index contributed by atoms with van der Waals surface area (Å²) in [5.74, 6) is 1.84. The summed E-state index contributed by atoms with van der Waals surface area (Å²) in [7, 11) is 0. The molecule has 1 aromatic carbocycles. The Hall–Kier alpha value is -1.02. The van der Waals surface area contributed by atoms with Crippen LogP contribution < -0.4 is 10.1 Å². The zero-order valence-electron chi connectivity index (χ0n) is 12.3. The van der Waals surface area contributed by atoms with E-state index in [9.17, 15) is 0 Å². The van der Waals surface area contributed by atoms with Gasteiger partial charge in [0.15, 0.2) is 0 Å². The van der Waals surface area contributed by atoms with E-state index in [0.717, 1.165) is 24.8 Å². The van der Waals surface area contributed by atoms with Crippen molar-refractivity contribution in [2.24, 2.45) is 5.92 Å². The maximum absolute atomic E-state index is 5.46. The number of nitrogens with one attached hydrogen (secondary N) is 1. The Morgan fingerprint density at radius 2 is 1.84 bits per heavy atom. The predicted molar refractivity (Wildman–Crippen MR) is 80.5 cm³/mol. The first-order chi connectivity index (χ1) is 9.29. The normalized spacial score (nSPS) is 18.2. The van der Waals surface area contributed by atoms with Crippen molar-refractivity contribution in [1.29, 1.82) is 0 Å². The fourth-order valence-electron chi connectivity index (χ4n) is 2.95. The van der Waals surface area contributed by atoms with E-state index in [-0.39, 0.29) is 0 Å². The summed E-state index contributed by atoms with van der Waals surface area (Å²) >= 11 is 0. The number of ether oxygens (including phenoxy) is 1. The van der Waals surface area contributed by atoms with Crippen molar-refractivity contribution >= 4 is 0 Å². The maximum atomic E-state index is 5.46. The molecule has 0 unspecified atom stereocenters. The topological polar surface area (TPSA) is 21.3 Å². The number of benzene rings is 1. The van der Waals surface area contributed by atoms with Crippen LogP contribution in [0, 0.1) is 5.92 Å². The molecule has 1 aromatic rings. The van der Waals surface area contributed by atoms with Crippen LogP contribution in [0.15, 0.2) is 24.3 Å². The van der Waals surface area contributed by atoms with E-state index < -0.39 is 0 Å². The van der Waals surface area contributed by atoms with Gasteiger partial charge >= 0.3 is 0 Å². The lowest BCUT2D eigenvalue weighted by atomic mass is 9.84. The van der Waals surface area contributed by atoms with Gasteiger partial charge in [0.25, 0.3) is 0 Å². The molecule has 0 aromatic heterocycles. The van der Waals surface area contributed by atoms with E-state index in [2.05, 4.69) is 36.5 Å². The van der Waals surface area contributed by atoms with E-state index >= 15 is 0 Å². The van der Waals surface area contributed by atoms with Gasteiger partial charge in [-0.15, -0.1) is 0 Å². The minimum absolute atomic E-state index is 0.631. The third-order valence-electron chi connectivity index (χ3n) is 4.22. The minimum Gasteiger partial charge on any atom is -0.494 e. The Bertz CT molecular complexity index is 354. The Morgan fingerprint density at radius 1 is 1.16 bits per heavy atom. The third kappa shape index (κ3) is 4.54. The quantitative estimate of drug-likeness (QED) is 0.831. The molecule has 0 aliphatic heterocycles. The summed E-state index contributed by atoms with van der Waals surface area (Å²) < 4.78 is 5.46. The molecule has 1 N–H and O–H groups in total. The molecule has 2 rings (SSSR count). The lowest BCUT2D eigenvalue weighted by Crippen LogP contribution is -2.34. The van der Waals surface area contributed by atoms with E-state index in [0.29, 0.717) is 6.04 Å². The molecule has 2 heteroatoms. The Kier molecular flexibility index (Phi) is 5.71. The van der Waals surface area contributed by atoms with Gasteiger partial charge in [0, 0.05) is 12.6 Å². The summed E-state index contributed by atoms with van der Waals surface area (Å²) in [6, 6.07) is 9.07. The Labute approximate surface area is 117 Å². The molecule has 0 saturated heterocycles. The molecule has 0 radical (unpaired) electrons. The van der Waals surface area contributed by atoms with E-state index in [1.165, 1.54) is 37.7 Å². The monoisotopic (exact) mass is 261 g/mol. The highest BCUT2D eigenvalue weighted by molar-refractivity contribution is 5.27. The van der Waals surface area contributed by atoms with Crippen LogP contribution in [0.25, 0.3) is 0 Å². The molecule has 19 heavy (non-hydrogen) atoms. The van der Waals surface area contributed by atoms with Crippen molar-refractivity contribution in [3.05, 3.63) is 29.8 Å². The second-order valence-corrected chi connectivity index (χ2v) is 5.64. The first-order valence-corrected chi connectivity index (χ1v) is 7.74. The standard InChI is InChI=1S/C17H27NO/c1-3-19-17-11-9-15(10-12-17)13-18-14(2)16-7-5-4-6-8-16/h9-12,14,16,18H,3-8,13H2,1-2H3/t14-/m0/s1. The van der Waals surface area contributed by atoms with Crippen molar-refractivity contribution < 1.29 is 4.74 Å². The minimum atomic E-state index is 0.631. The van der Waals surface area contributed by atoms with E-state index in [1.54, 1.807) is 0 Å². The van der Waals surface area contributed by atoms with Crippen molar-refractivity contribution in [2.75, 3.05) is 6.61 Å². The SMILES string of the molecule is CCOc1ccc(CN[C@@H](C)C2CCCCC2)cc1. The highest BCUT2D eigenvalue weighted by Crippen LogP contribution is 2.26. The smallest absolute Gasteiger partial charge is 0.119 e. The van der Waals surface area contributed by atoms with Gasteiger partial charge in [-0.2, -0.15) is 0 Å². The summed E-state index contributed by atoms with van der Waals surface area (Å²) in [6.45, 7) is 6.05. The van der Waals surface area contributed by atoms with E-state index in [4.69, 9.17) is 4.74 Å². The van der Waals surface area contributed by atoms with Gasteiger partial charge < -0.3 is 10.1 Å².